The molecule has 1 heterocycles. The number of furan rings is 1. The second-order valence-electron chi connectivity index (χ2n) is 9.64. The molecule has 2 aromatic carbocycles. The molecule has 2 aliphatic carbocycles. The summed E-state index contributed by atoms with van der Waals surface area (Å²) in [4.78, 5) is 24.8. The van der Waals surface area contributed by atoms with E-state index in [1.807, 2.05) is 13.0 Å². The molecule has 0 radical (unpaired) electrons. The van der Waals surface area contributed by atoms with Crippen molar-refractivity contribution in [3.05, 3.63) is 64.9 Å². The summed E-state index contributed by atoms with van der Waals surface area (Å²) in [5.41, 5.74) is 2.22. The molecule has 0 bridgehead atoms. The van der Waals surface area contributed by atoms with Crippen LogP contribution in [0.3, 0.4) is 0 Å². The number of rotatable bonds is 7. The average molecular weight is 448 g/mol. The van der Waals surface area contributed by atoms with E-state index >= 15 is 0 Å². The van der Waals surface area contributed by atoms with Crippen LogP contribution >= 0.6 is 0 Å². The first-order valence-corrected chi connectivity index (χ1v) is 11.6. The minimum Gasteiger partial charge on any atom is -0.486 e. The van der Waals surface area contributed by atoms with Gasteiger partial charge in [-0.25, -0.2) is 4.79 Å². The topological polar surface area (TPSA) is 88.8 Å². The number of carboxylic acids is 1. The highest BCUT2D eigenvalue weighted by Gasteiger charge is 2.46. The Morgan fingerprint density at radius 3 is 2.61 bits per heavy atom. The monoisotopic (exact) mass is 447 g/mol. The number of carbonyl (C=O) groups excluding carboxylic acids is 1. The molecule has 6 nitrogen and oxygen atoms in total. The smallest absolute Gasteiger partial charge is 0.329 e. The maximum Gasteiger partial charge on any atom is 0.329 e. The lowest BCUT2D eigenvalue weighted by molar-refractivity contribution is -0.148. The third-order valence-electron chi connectivity index (χ3n) is 7.26. The van der Waals surface area contributed by atoms with Crippen molar-refractivity contribution >= 4 is 22.8 Å². The van der Waals surface area contributed by atoms with Crippen molar-refractivity contribution in [3.8, 4) is 5.75 Å². The van der Waals surface area contributed by atoms with Gasteiger partial charge in [-0.2, -0.15) is 0 Å². The zero-order valence-electron chi connectivity index (χ0n) is 19.2. The lowest BCUT2D eigenvalue weighted by atomic mass is 9.76. The van der Waals surface area contributed by atoms with Crippen molar-refractivity contribution in [2.75, 3.05) is 0 Å². The Hall–Kier alpha value is -3.28. The number of hydrogen-bond donors (Lipinski definition) is 2. The molecule has 33 heavy (non-hydrogen) atoms. The van der Waals surface area contributed by atoms with Gasteiger partial charge in [-0.15, -0.1) is 0 Å². The van der Waals surface area contributed by atoms with Crippen molar-refractivity contribution in [2.45, 2.75) is 64.0 Å². The van der Waals surface area contributed by atoms with Crippen LogP contribution < -0.4 is 10.1 Å². The highest BCUT2D eigenvalue weighted by Crippen LogP contribution is 2.47. The summed E-state index contributed by atoms with van der Waals surface area (Å²) in [5, 5.41) is 12.9. The molecule has 2 aliphatic rings. The van der Waals surface area contributed by atoms with Gasteiger partial charge in [0.05, 0.1) is 5.56 Å². The summed E-state index contributed by atoms with van der Waals surface area (Å²) in [6, 6.07) is 14.0. The van der Waals surface area contributed by atoms with Crippen molar-refractivity contribution in [3.63, 3.8) is 0 Å². The highest BCUT2D eigenvalue weighted by molar-refractivity contribution is 6.09. The summed E-state index contributed by atoms with van der Waals surface area (Å²) < 4.78 is 12.0. The quantitative estimate of drug-likeness (QED) is 0.482. The summed E-state index contributed by atoms with van der Waals surface area (Å²) >= 11 is 0. The van der Waals surface area contributed by atoms with Crippen LogP contribution in [-0.2, 0) is 4.79 Å². The van der Waals surface area contributed by atoms with Gasteiger partial charge in [-0.05, 0) is 80.7 Å². The fraction of sp³-hybridized carbons (Fsp3) is 0.407. The van der Waals surface area contributed by atoms with E-state index in [2.05, 4.69) is 36.5 Å². The first-order valence-electron chi connectivity index (χ1n) is 11.6. The van der Waals surface area contributed by atoms with E-state index in [1.165, 1.54) is 12.0 Å². The van der Waals surface area contributed by atoms with Crippen LogP contribution in [0.5, 0.6) is 5.75 Å². The Labute approximate surface area is 192 Å². The van der Waals surface area contributed by atoms with Gasteiger partial charge in [-0.3, -0.25) is 4.79 Å². The van der Waals surface area contributed by atoms with E-state index in [0.717, 1.165) is 17.9 Å². The van der Waals surface area contributed by atoms with E-state index in [4.69, 9.17) is 9.15 Å². The van der Waals surface area contributed by atoms with Crippen LogP contribution in [0.4, 0.5) is 0 Å². The van der Waals surface area contributed by atoms with Gasteiger partial charge < -0.3 is 19.6 Å². The molecular formula is C27H29NO5. The summed E-state index contributed by atoms with van der Waals surface area (Å²) in [6.45, 7) is 6.01. The van der Waals surface area contributed by atoms with E-state index in [0.29, 0.717) is 46.8 Å². The maximum absolute atomic E-state index is 13.1. The lowest BCUT2D eigenvalue weighted by Crippen LogP contribution is -2.59. The molecule has 1 amide bonds. The van der Waals surface area contributed by atoms with Gasteiger partial charge >= 0.3 is 5.97 Å². The van der Waals surface area contributed by atoms with E-state index in [1.54, 1.807) is 19.1 Å². The Balaban J connectivity index is 1.39. The minimum atomic E-state index is -1.18. The van der Waals surface area contributed by atoms with Crippen LogP contribution in [0, 0.1) is 12.8 Å². The number of aliphatic carboxylic acids is 1. The van der Waals surface area contributed by atoms with Crippen molar-refractivity contribution < 1.29 is 23.8 Å². The van der Waals surface area contributed by atoms with Crippen LogP contribution in [0.1, 0.15) is 78.8 Å². The Kier molecular flexibility index (Phi) is 5.19. The fourth-order valence-corrected chi connectivity index (χ4v) is 4.86. The Morgan fingerprint density at radius 1 is 1.21 bits per heavy atom. The first-order chi connectivity index (χ1) is 15.8. The molecule has 1 aromatic heterocycles. The van der Waals surface area contributed by atoms with Gasteiger partial charge in [0.1, 0.15) is 28.7 Å². The fourth-order valence-electron chi connectivity index (χ4n) is 4.86. The van der Waals surface area contributed by atoms with Gasteiger partial charge in [0.15, 0.2) is 0 Å². The lowest BCUT2D eigenvalue weighted by Gasteiger charge is -2.38. The second-order valence-corrected chi connectivity index (χ2v) is 9.64. The van der Waals surface area contributed by atoms with Crippen LogP contribution in [0.25, 0.3) is 11.0 Å². The van der Waals surface area contributed by atoms with Crippen LogP contribution in [-0.4, -0.2) is 22.5 Å². The molecule has 2 unspecified atom stereocenters. The number of carbonyl (C=O) groups is 2. The molecule has 2 fully saturated rings. The number of carboxylic acid groups (broad SMARTS) is 1. The molecule has 2 saturated carbocycles. The van der Waals surface area contributed by atoms with Crippen LogP contribution in [0.15, 0.2) is 46.9 Å². The largest absolute Gasteiger partial charge is 0.486 e. The summed E-state index contributed by atoms with van der Waals surface area (Å²) in [6.07, 6.45) is 2.74. The third-order valence-corrected chi connectivity index (χ3v) is 7.26. The molecular weight excluding hydrogens is 418 g/mol. The maximum atomic E-state index is 13.1. The number of nitrogens with one attached hydrogen (secondary N) is 1. The number of amides is 1. The number of fused-ring (bicyclic) bond motifs is 1. The molecule has 172 valence electrons. The second kappa shape index (κ2) is 7.94. The molecule has 3 atom stereocenters. The predicted octanol–water partition coefficient (Wildman–Crippen LogP) is 5.74. The normalized spacial score (nSPS) is 21.8. The molecule has 0 saturated heterocycles. The zero-order chi connectivity index (χ0) is 23.3. The van der Waals surface area contributed by atoms with E-state index in [-0.39, 0.29) is 6.10 Å². The Morgan fingerprint density at radius 2 is 1.97 bits per heavy atom. The summed E-state index contributed by atoms with van der Waals surface area (Å²) in [5.74, 6) is 1.06. The average Bonchev–Trinajstić information content (AvgIpc) is 3.39. The third kappa shape index (κ3) is 3.88. The summed E-state index contributed by atoms with van der Waals surface area (Å²) in [7, 11) is 0. The zero-order valence-corrected chi connectivity index (χ0v) is 19.2. The molecule has 6 heteroatoms. The van der Waals surface area contributed by atoms with Crippen molar-refractivity contribution in [1.82, 2.24) is 5.32 Å². The van der Waals surface area contributed by atoms with Gasteiger partial charge in [0.25, 0.3) is 5.91 Å². The number of benzene rings is 2. The van der Waals surface area contributed by atoms with Crippen molar-refractivity contribution in [2.24, 2.45) is 5.92 Å². The first kappa shape index (κ1) is 21.6. The SMILES string of the molecule is Cc1oc2ccc(OC(C)c3cccc([C@H]4CC4C)c3)cc2c1C(=O)NC1(C(=O)O)CCC1. The van der Waals surface area contributed by atoms with Crippen LogP contribution in [0.2, 0.25) is 0 Å². The molecule has 2 N–H and O–H groups in total. The molecule has 3 aromatic rings. The highest BCUT2D eigenvalue weighted by atomic mass is 16.5. The minimum absolute atomic E-state index is 0.160. The number of hydrogen-bond acceptors (Lipinski definition) is 4. The predicted molar refractivity (Wildman–Crippen MR) is 125 cm³/mol. The van der Waals surface area contributed by atoms with Gasteiger partial charge in [-0.1, -0.05) is 31.2 Å². The van der Waals surface area contributed by atoms with Gasteiger partial charge in [0, 0.05) is 5.39 Å². The molecule has 5 rings (SSSR count). The van der Waals surface area contributed by atoms with Gasteiger partial charge in [0.2, 0.25) is 0 Å². The van der Waals surface area contributed by atoms with Crippen molar-refractivity contribution in [1.29, 1.82) is 0 Å². The molecule has 0 aliphatic heterocycles. The Bertz CT molecular complexity index is 1240. The standard InChI is InChI=1S/C27H29NO5/c1-15-12-21(15)19-7-4-6-18(13-19)16(2)32-20-8-9-23-22(14-20)24(17(3)33-23)25(29)28-27(26(30)31)10-5-11-27/h4,6-9,13-16,21H,5,10-12H2,1-3H3,(H,28,29)(H,30,31)/t15?,16?,21-/m0/s1. The van der Waals surface area contributed by atoms with E-state index in [9.17, 15) is 14.7 Å². The molecule has 0 spiro atoms. The number of aryl methyl sites for hydroxylation is 1. The number of ether oxygens (including phenoxy) is 1. The van der Waals surface area contributed by atoms with E-state index < -0.39 is 17.4 Å².